The summed E-state index contributed by atoms with van der Waals surface area (Å²) < 4.78 is 10.7. The average Bonchev–Trinajstić information content (AvgIpc) is 2.56. The van der Waals surface area contributed by atoms with Gasteiger partial charge in [-0.15, -0.1) is 0 Å². The predicted molar refractivity (Wildman–Crippen MR) is 91.1 cm³/mol. The van der Waals surface area contributed by atoms with Crippen LogP contribution in [0, 0.1) is 0 Å². The van der Waals surface area contributed by atoms with Crippen molar-refractivity contribution in [3.63, 3.8) is 0 Å². The molecule has 2 rings (SSSR count). The molecule has 0 fully saturated rings. The number of carbonyl (C=O) groups excluding carboxylic acids is 1. The summed E-state index contributed by atoms with van der Waals surface area (Å²) >= 11 is 5.83. The lowest BCUT2D eigenvalue weighted by molar-refractivity contribution is -0.127. The topological polar surface area (TPSA) is 47.6 Å². The fourth-order valence-corrected chi connectivity index (χ4v) is 2.20. The Morgan fingerprint density at radius 1 is 1.00 bits per heavy atom. The van der Waals surface area contributed by atoms with Gasteiger partial charge in [0.05, 0.1) is 13.2 Å². The Labute approximate surface area is 141 Å². The molecule has 0 spiro atoms. The van der Waals surface area contributed by atoms with Crippen LogP contribution in [0.1, 0.15) is 25.5 Å². The summed E-state index contributed by atoms with van der Waals surface area (Å²) in [7, 11) is 1.62. The van der Waals surface area contributed by atoms with E-state index in [9.17, 15) is 4.79 Å². The maximum Gasteiger partial charge on any atom is 0.261 e. The summed E-state index contributed by atoms with van der Waals surface area (Å²) in [5, 5.41) is 3.56. The van der Waals surface area contributed by atoms with Gasteiger partial charge in [-0.1, -0.05) is 23.7 Å². The highest BCUT2D eigenvalue weighted by atomic mass is 35.5. The summed E-state index contributed by atoms with van der Waals surface area (Å²) in [5.41, 5.74) is 0.998. The third kappa shape index (κ3) is 4.89. The van der Waals surface area contributed by atoms with Crippen molar-refractivity contribution in [2.24, 2.45) is 0 Å². The molecule has 23 heavy (non-hydrogen) atoms. The maximum atomic E-state index is 12.2. The van der Waals surface area contributed by atoms with Crippen LogP contribution in [0.3, 0.4) is 0 Å². The Bertz CT molecular complexity index is 640. The maximum absolute atomic E-state index is 12.2. The molecule has 0 aliphatic rings. The SMILES string of the molecule is COc1ccc(C(C)NC(=O)C(C)Oc2ccc(Cl)cc2)cc1. The normalized spacial score (nSPS) is 13.0. The number of hydrogen-bond donors (Lipinski definition) is 1. The van der Waals surface area contributed by atoms with Gasteiger partial charge in [-0.3, -0.25) is 4.79 Å². The van der Waals surface area contributed by atoms with Crippen LogP contribution in [-0.2, 0) is 4.79 Å². The van der Waals surface area contributed by atoms with E-state index in [4.69, 9.17) is 21.1 Å². The Balaban J connectivity index is 1.92. The molecule has 0 radical (unpaired) electrons. The number of rotatable bonds is 6. The third-order valence-corrected chi connectivity index (χ3v) is 3.72. The standard InChI is InChI=1S/C18H20ClNO3/c1-12(14-4-8-16(22-3)9-5-14)20-18(21)13(2)23-17-10-6-15(19)7-11-17/h4-13H,1-3H3,(H,20,21). The van der Waals surface area contributed by atoms with E-state index < -0.39 is 6.10 Å². The van der Waals surface area contributed by atoms with Crippen molar-refractivity contribution in [2.45, 2.75) is 26.0 Å². The fraction of sp³-hybridized carbons (Fsp3) is 0.278. The van der Waals surface area contributed by atoms with Crippen molar-refractivity contribution < 1.29 is 14.3 Å². The molecule has 2 aromatic carbocycles. The molecule has 2 aromatic rings. The third-order valence-electron chi connectivity index (χ3n) is 3.47. The van der Waals surface area contributed by atoms with Gasteiger partial charge in [-0.2, -0.15) is 0 Å². The van der Waals surface area contributed by atoms with Crippen LogP contribution in [-0.4, -0.2) is 19.1 Å². The van der Waals surface area contributed by atoms with Gasteiger partial charge < -0.3 is 14.8 Å². The molecule has 0 heterocycles. The van der Waals surface area contributed by atoms with Crippen LogP contribution in [0.5, 0.6) is 11.5 Å². The van der Waals surface area contributed by atoms with E-state index in [1.165, 1.54) is 0 Å². The van der Waals surface area contributed by atoms with Gasteiger partial charge in [0.25, 0.3) is 5.91 Å². The predicted octanol–water partition coefficient (Wildman–Crippen LogP) is 3.99. The summed E-state index contributed by atoms with van der Waals surface area (Å²) in [6, 6.07) is 14.4. The van der Waals surface area contributed by atoms with Crippen molar-refractivity contribution in [1.29, 1.82) is 0 Å². The molecule has 0 saturated carbocycles. The zero-order valence-corrected chi connectivity index (χ0v) is 14.1. The number of methoxy groups -OCH3 is 1. The van der Waals surface area contributed by atoms with E-state index in [0.29, 0.717) is 10.8 Å². The zero-order chi connectivity index (χ0) is 16.8. The number of benzene rings is 2. The van der Waals surface area contributed by atoms with Gasteiger partial charge in [-0.05, 0) is 55.8 Å². The quantitative estimate of drug-likeness (QED) is 0.869. The van der Waals surface area contributed by atoms with Gasteiger partial charge in [0.15, 0.2) is 6.10 Å². The summed E-state index contributed by atoms with van der Waals surface area (Å²) in [4.78, 5) is 12.2. The van der Waals surface area contributed by atoms with Gasteiger partial charge >= 0.3 is 0 Å². The van der Waals surface area contributed by atoms with Gasteiger partial charge in [0.1, 0.15) is 11.5 Å². The van der Waals surface area contributed by atoms with E-state index in [2.05, 4.69) is 5.32 Å². The molecule has 122 valence electrons. The summed E-state index contributed by atoms with van der Waals surface area (Å²) in [5.74, 6) is 1.21. The van der Waals surface area contributed by atoms with Gasteiger partial charge in [0.2, 0.25) is 0 Å². The molecule has 0 saturated heterocycles. The first kappa shape index (κ1) is 17.2. The minimum absolute atomic E-state index is 0.121. The van der Waals surface area contributed by atoms with Crippen LogP contribution in [0.2, 0.25) is 5.02 Å². The van der Waals surface area contributed by atoms with E-state index in [1.807, 2.05) is 31.2 Å². The van der Waals surface area contributed by atoms with Crippen LogP contribution in [0.15, 0.2) is 48.5 Å². The molecule has 1 amide bonds. The fourth-order valence-electron chi connectivity index (χ4n) is 2.08. The van der Waals surface area contributed by atoms with Crippen molar-refractivity contribution >= 4 is 17.5 Å². The van der Waals surface area contributed by atoms with Crippen LogP contribution in [0.25, 0.3) is 0 Å². The minimum Gasteiger partial charge on any atom is -0.497 e. The Morgan fingerprint density at radius 3 is 2.13 bits per heavy atom. The van der Waals surface area contributed by atoms with E-state index in [-0.39, 0.29) is 11.9 Å². The highest BCUT2D eigenvalue weighted by Crippen LogP contribution is 2.19. The number of halogens is 1. The number of nitrogens with one attached hydrogen (secondary N) is 1. The molecule has 5 heteroatoms. The molecular weight excluding hydrogens is 314 g/mol. The molecule has 2 atom stereocenters. The minimum atomic E-state index is -0.600. The smallest absolute Gasteiger partial charge is 0.261 e. The Kier molecular flexibility index (Phi) is 5.88. The van der Waals surface area contributed by atoms with Gasteiger partial charge in [0, 0.05) is 5.02 Å². The van der Waals surface area contributed by atoms with Crippen molar-refractivity contribution in [3.05, 3.63) is 59.1 Å². The molecule has 0 aromatic heterocycles. The molecule has 0 bridgehead atoms. The molecular formula is C18H20ClNO3. The lowest BCUT2D eigenvalue weighted by atomic mass is 10.1. The van der Waals surface area contributed by atoms with E-state index in [1.54, 1.807) is 38.3 Å². The first-order chi connectivity index (χ1) is 11.0. The average molecular weight is 334 g/mol. The Hall–Kier alpha value is -2.20. The molecule has 4 nitrogen and oxygen atoms in total. The van der Waals surface area contributed by atoms with Crippen LogP contribution in [0.4, 0.5) is 0 Å². The molecule has 0 aliphatic heterocycles. The first-order valence-corrected chi connectivity index (χ1v) is 7.74. The number of carbonyl (C=O) groups is 1. The van der Waals surface area contributed by atoms with Gasteiger partial charge in [-0.25, -0.2) is 0 Å². The first-order valence-electron chi connectivity index (χ1n) is 7.36. The van der Waals surface area contributed by atoms with E-state index in [0.717, 1.165) is 11.3 Å². The van der Waals surface area contributed by atoms with Crippen molar-refractivity contribution in [2.75, 3.05) is 7.11 Å². The lowest BCUT2D eigenvalue weighted by Gasteiger charge is -2.19. The zero-order valence-electron chi connectivity index (χ0n) is 13.4. The monoisotopic (exact) mass is 333 g/mol. The number of ether oxygens (including phenoxy) is 2. The largest absolute Gasteiger partial charge is 0.497 e. The summed E-state index contributed by atoms with van der Waals surface area (Å²) in [6.07, 6.45) is -0.600. The van der Waals surface area contributed by atoms with Crippen LogP contribution >= 0.6 is 11.6 Å². The van der Waals surface area contributed by atoms with Crippen molar-refractivity contribution in [1.82, 2.24) is 5.32 Å². The van der Waals surface area contributed by atoms with Crippen molar-refractivity contribution in [3.8, 4) is 11.5 Å². The Morgan fingerprint density at radius 2 is 1.57 bits per heavy atom. The molecule has 0 aliphatic carbocycles. The second kappa shape index (κ2) is 7.88. The second-order valence-electron chi connectivity index (χ2n) is 5.22. The molecule has 2 unspecified atom stereocenters. The highest BCUT2D eigenvalue weighted by Gasteiger charge is 2.17. The molecule has 1 N–H and O–H groups in total. The number of hydrogen-bond acceptors (Lipinski definition) is 3. The lowest BCUT2D eigenvalue weighted by Crippen LogP contribution is -2.37. The summed E-state index contributed by atoms with van der Waals surface area (Å²) in [6.45, 7) is 3.64. The highest BCUT2D eigenvalue weighted by molar-refractivity contribution is 6.30. The van der Waals surface area contributed by atoms with Crippen LogP contribution < -0.4 is 14.8 Å². The number of amides is 1. The van der Waals surface area contributed by atoms with E-state index >= 15 is 0 Å². The second-order valence-corrected chi connectivity index (χ2v) is 5.65.